The summed E-state index contributed by atoms with van der Waals surface area (Å²) in [5.74, 6) is -0.747. The monoisotopic (exact) mass is 402 g/mol. The van der Waals surface area contributed by atoms with E-state index in [1.54, 1.807) is 28.9 Å². The van der Waals surface area contributed by atoms with Crippen LogP contribution >= 0.6 is 0 Å². The first kappa shape index (κ1) is 19.8. The van der Waals surface area contributed by atoms with E-state index in [1.165, 1.54) is 12.1 Å². The number of fused-ring (bicyclic) bond motifs is 1. The van der Waals surface area contributed by atoms with Gasteiger partial charge in [0.1, 0.15) is 5.82 Å². The molecule has 0 saturated carbocycles. The van der Waals surface area contributed by atoms with E-state index >= 15 is 0 Å². The van der Waals surface area contributed by atoms with Crippen LogP contribution in [-0.4, -0.2) is 17.9 Å². The summed E-state index contributed by atoms with van der Waals surface area (Å²) in [5.41, 5.74) is 2.78. The smallest absolute Gasteiger partial charge is 0.258 e. The number of rotatable bonds is 3. The molecule has 0 radical (unpaired) electrons. The number of halogens is 1. The van der Waals surface area contributed by atoms with Gasteiger partial charge in [-0.1, -0.05) is 42.5 Å². The molecule has 30 heavy (non-hydrogen) atoms. The molecule has 0 saturated heterocycles. The quantitative estimate of drug-likeness (QED) is 0.592. The number of hydrogen-bond donors (Lipinski definition) is 0. The van der Waals surface area contributed by atoms with Gasteiger partial charge in [-0.2, -0.15) is 0 Å². The Balaban J connectivity index is 1.79. The largest absolute Gasteiger partial charge is 0.305 e. The van der Waals surface area contributed by atoms with Gasteiger partial charge < -0.3 is 9.80 Å². The zero-order chi connectivity index (χ0) is 21.3. The lowest BCUT2D eigenvalue weighted by molar-refractivity contribution is -0.117. The minimum Gasteiger partial charge on any atom is -0.305 e. The van der Waals surface area contributed by atoms with Crippen molar-refractivity contribution in [1.29, 1.82) is 0 Å². The normalized spacial score (nSPS) is 17.9. The third-order valence-electron chi connectivity index (χ3n) is 5.54. The lowest BCUT2D eigenvalue weighted by Crippen LogP contribution is -2.47. The number of anilines is 2. The third kappa shape index (κ3) is 3.59. The van der Waals surface area contributed by atoms with E-state index in [0.717, 1.165) is 16.9 Å². The van der Waals surface area contributed by atoms with E-state index in [0.29, 0.717) is 12.0 Å². The van der Waals surface area contributed by atoms with Crippen LogP contribution in [0.25, 0.3) is 0 Å². The number of hydrogen-bond acceptors (Lipinski definition) is 2. The Morgan fingerprint density at radius 3 is 2.37 bits per heavy atom. The first-order valence-electron chi connectivity index (χ1n) is 10.00. The van der Waals surface area contributed by atoms with E-state index in [9.17, 15) is 14.0 Å². The molecule has 1 heterocycles. The van der Waals surface area contributed by atoms with Crippen molar-refractivity contribution in [3.8, 4) is 0 Å². The Morgan fingerprint density at radius 1 is 0.967 bits per heavy atom. The average Bonchev–Trinajstić information content (AvgIpc) is 2.74. The van der Waals surface area contributed by atoms with Crippen molar-refractivity contribution in [2.45, 2.75) is 32.4 Å². The van der Waals surface area contributed by atoms with Gasteiger partial charge in [-0.05, 0) is 55.3 Å². The predicted octanol–water partition coefficient (Wildman–Crippen LogP) is 5.36. The molecule has 0 aliphatic carbocycles. The molecule has 3 aromatic rings. The van der Waals surface area contributed by atoms with Gasteiger partial charge in [0.2, 0.25) is 5.91 Å². The molecule has 0 N–H and O–H groups in total. The maximum atomic E-state index is 13.7. The van der Waals surface area contributed by atoms with Crippen molar-refractivity contribution in [3.05, 3.63) is 95.8 Å². The summed E-state index contributed by atoms with van der Waals surface area (Å²) in [5, 5.41) is 0. The van der Waals surface area contributed by atoms with Crippen LogP contribution in [-0.2, 0) is 4.79 Å². The molecule has 4 rings (SSSR count). The van der Waals surface area contributed by atoms with E-state index in [-0.39, 0.29) is 23.9 Å². The van der Waals surface area contributed by atoms with Gasteiger partial charge in [-0.15, -0.1) is 0 Å². The van der Waals surface area contributed by atoms with Gasteiger partial charge in [-0.25, -0.2) is 4.39 Å². The second kappa shape index (κ2) is 8.11. The van der Waals surface area contributed by atoms with Crippen molar-refractivity contribution < 1.29 is 14.0 Å². The molecule has 2 atom stereocenters. The fourth-order valence-corrected chi connectivity index (χ4v) is 4.27. The van der Waals surface area contributed by atoms with E-state index in [4.69, 9.17) is 0 Å². The number of carbonyl (C=O) groups is 2. The maximum Gasteiger partial charge on any atom is 0.258 e. The van der Waals surface area contributed by atoms with Gasteiger partial charge in [0.15, 0.2) is 0 Å². The number of carbonyl (C=O) groups excluding carboxylic acids is 2. The van der Waals surface area contributed by atoms with Crippen LogP contribution in [0.15, 0.2) is 78.9 Å². The van der Waals surface area contributed by atoms with Crippen molar-refractivity contribution in [2.75, 3.05) is 9.80 Å². The Kier molecular flexibility index (Phi) is 5.36. The molecule has 0 unspecified atom stereocenters. The molecule has 1 aliphatic rings. The summed E-state index contributed by atoms with van der Waals surface area (Å²) in [6, 6.07) is 22.6. The second-order valence-corrected chi connectivity index (χ2v) is 7.57. The molecule has 0 fully saturated rings. The molecule has 0 bridgehead atoms. The highest BCUT2D eigenvalue weighted by molar-refractivity contribution is 6.07. The fraction of sp³-hybridized carbons (Fsp3) is 0.200. The van der Waals surface area contributed by atoms with Crippen molar-refractivity contribution >= 4 is 23.2 Å². The second-order valence-electron chi connectivity index (χ2n) is 7.57. The highest BCUT2D eigenvalue weighted by Gasteiger charge is 2.38. The topological polar surface area (TPSA) is 40.6 Å². The molecule has 1 aliphatic heterocycles. The van der Waals surface area contributed by atoms with E-state index < -0.39 is 5.82 Å². The summed E-state index contributed by atoms with van der Waals surface area (Å²) in [6.45, 7) is 3.52. The molecule has 2 amide bonds. The fourth-order valence-electron chi connectivity index (χ4n) is 4.27. The number of nitrogens with zero attached hydrogens (tertiary/aromatic N) is 2. The number of amides is 2. The first-order chi connectivity index (χ1) is 14.5. The summed E-state index contributed by atoms with van der Waals surface area (Å²) >= 11 is 0. The van der Waals surface area contributed by atoms with Crippen LogP contribution < -0.4 is 9.80 Å². The standard InChI is InChI=1S/C25H23FN2O2/c1-17-15-24(28(18(2)29)21-11-4-3-5-12-21)22-13-6-7-14-23(22)27(17)25(30)19-9-8-10-20(26)16-19/h3-14,16-17,24H,15H2,1-2H3/t17-,24+/m0/s1. The molecular weight excluding hydrogens is 379 g/mol. The number of benzene rings is 3. The lowest BCUT2D eigenvalue weighted by atomic mass is 9.89. The molecule has 3 aromatic carbocycles. The summed E-state index contributed by atoms with van der Waals surface area (Å²) in [6.07, 6.45) is 0.576. The highest BCUT2D eigenvalue weighted by atomic mass is 19.1. The van der Waals surface area contributed by atoms with Crippen LogP contribution in [0, 0.1) is 5.82 Å². The van der Waals surface area contributed by atoms with E-state index in [1.807, 2.05) is 61.5 Å². The Labute approximate surface area is 175 Å². The van der Waals surface area contributed by atoms with Crippen LogP contribution in [0.1, 0.15) is 42.2 Å². The molecule has 0 spiro atoms. The van der Waals surface area contributed by atoms with Crippen molar-refractivity contribution in [3.63, 3.8) is 0 Å². The summed E-state index contributed by atoms with van der Waals surface area (Å²) in [4.78, 5) is 29.4. The lowest BCUT2D eigenvalue weighted by Gasteiger charge is -2.43. The third-order valence-corrected chi connectivity index (χ3v) is 5.54. The van der Waals surface area contributed by atoms with Crippen molar-refractivity contribution in [2.24, 2.45) is 0 Å². The Bertz CT molecular complexity index is 1080. The van der Waals surface area contributed by atoms with Crippen LogP contribution in [0.2, 0.25) is 0 Å². The van der Waals surface area contributed by atoms with Crippen LogP contribution in [0.3, 0.4) is 0 Å². The molecule has 5 heteroatoms. The molecular formula is C25H23FN2O2. The van der Waals surface area contributed by atoms with Gasteiger partial charge in [-0.3, -0.25) is 9.59 Å². The van der Waals surface area contributed by atoms with Gasteiger partial charge in [0.05, 0.1) is 6.04 Å². The van der Waals surface area contributed by atoms with Gasteiger partial charge in [0, 0.05) is 29.9 Å². The minimum absolute atomic E-state index is 0.0573. The molecule has 152 valence electrons. The van der Waals surface area contributed by atoms with E-state index in [2.05, 4.69) is 0 Å². The molecule has 0 aromatic heterocycles. The van der Waals surface area contributed by atoms with Crippen LogP contribution in [0.4, 0.5) is 15.8 Å². The van der Waals surface area contributed by atoms with Gasteiger partial charge >= 0.3 is 0 Å². The zero-order valence-electron chi connectivity index (χ0n) is 17.0. The van der Waals surface area contributed by atoms with Crippen molar-refractivity contribution in [1.82, 2.24) is 0 Å². The average molecular weight is 402 g/mol. The zero-order valence-corrected chi connectivity index (χ0v) is 17.0. The summed E-state index contributed by atoms with van der Waals surface area (Å²) < 4.78 is 13.7. The highest BCUT2D eigenvalue weighted by Crippen LogP contribution is 2.42. The van der Waals surface area contributed by atoms with Crippen LogP contribution in [0.5, 0.6) is 0 Å². The first-order valence-corrected chi connectivity index (χ1v) is 10.00. The van der Waals surface area contributed by atoms with Gasteiger partial charge in [0.25, 0.3) is 5.91 Å². The SMILES string of the molecule is CC(=O)N(c1ccccc1)[C@@H]1C[C@H](C)N(C(=O)c2cccc(F)c2)c2ccccc21. The molecule has 4 nitrogen and oxygen atoms in total. The minimum atomic E-state index is -0.441. The number of para-hydroxylation sites is 2. The predicted molar refractivity (Wildman–Crippen MR) is 116 cm³/mol. The maximum absolute atomic E-state index is 13.7. The summed E-state index contributed by atoms with van der Waals surface area (Å²) in [7, 11) is 0. The Morgan fingerprint density at radius 2 is 1.67 bits per heavy atom. The Hall–Kier alpha value is -3.47.